The molecule has 0 radical (unpaired) electrons. The van der Waals surface area contributed by atoms with Crippen molar-refractivity contribution in [1.82, 2.24) is 0 Å². The molecule has 0 saturated heterocycles. The van der Waals surface area contributed by atoms with Crippen LogP contribution in [0.5, 0.6) is 5.75 Å². The number of carbonyl (C=O) groups is 3. The number of non-ortho nitro benzene ring substituents is 1. The summed E-state index contributed by atoms with van der Waals surface area (Å²) in [5.41, 5.74) is 0.409. The van der Waals surface area contributed by atoms with Crippen LogP contribution >= 0.6 is 0 Å². The smallest absolute Gasteiger partial charge is 0.270 e. The molecule has 0 heterocycles. The Morgan fingerprint density at radius 3 is 2.54 bits per heavy atom. The number of carbonyl (C=O) groups excluding carboxylic acids is 3. The first-order chi connectivity index (χ1) is 12.3. The van der Waals surface area contributed by atoms with Crippen LogP contribution < -0.4 is 10.1 Å². The number of amides is 1. The number of para-hydroxylation sites is 1. The van der Waals surface area contributed by atoms with Crippen molar-refractivity contribution in [2.75, 3.05) is 5.32 Å². The molecule has 0 aromatic heterocycles. The molecule has 8 nitrogen and oxygen atoms in total. The summed E-state index contributed by atoms with van der Waals surface area (Å²) in [6, 6.07) is 10.0. The summed E-state index contributed by atoms with van der Waals surface area (Å²) in [4.78, 5) is 45.2. The van der Waals surface area contributed by atoms with Crippen molar-refractivity contribution < 1.29 is 24.0 Å². The fourth-order valence-corrected chi connectivity index (χ4v) is 2.23. The quantitative estimate of drug-likeness (QED) is 0.353. The lowest BCUT2D eigenvalue weighted by molar-refractivity contribution is -0.384. The first-order valence-corrected chi connectivity index (χ1v) is 7.64. The molecule has 2 aromatic rings. The highest BCUT2D eigenvalue weighted by molar-refractivity contribution is 6.04. The molecular weight excluding hydrogens is 340 g/mol. The molecule has 0 bridgehead atoms. The molecule has 2 rings (SSSR count). The molecule has 0 saturated carbocycles. The molecule has 0 aliphatic rings. The number of rotatable bonds is 7. The fraction of sp³-hybridized carbons (Fsp3) is 0.167. The Labute approximate surface area is 148 Å². The van der Waals surface area contributed by atoms with E-state index in [0.717, 1.165) is 6.07 Å². The van der Waals surface area contributed by atoms with Crippen LogP contribution in [0.3, 0.4) is 0 Å². The van der Waals surface area contributed by atoms with Crippen molar-refractivity contribution in [1.29, 1.82) is 0 Å². The monoisotopic (exact) mass is 356 g/mol. The molecule has 0 aliphatic heterocycles. The van der Waals surface area contributed by atoms with Crippen LogP contribution in [0.15, 0.2) is 42.5 Å². The highest BCUT2D eigenvalue weighted by Gasteiger charge is 2.20. The number of anilines is 1. The number of aldehydes is 1. The highest BCUT2D eigenvalue weighted by atomic mass is 16.6. The lowest BCUT2D eigenvalue weighted by Gasteiger charge is -2.16. The molecule has 134 valence electrons. The lowest BCUT2D eigenvalue weighted by atomic mass is 10.1. The summed E-state index contributed by atoms with van der Waals surface area (Å²) >= 11 is 0. The fourth-order valence-electron chi connectivity index (χ4n) is 2.23. The zero-order valence-corrected chi connectivity index (χ0v) is 14.1. The van der Waals surface area contributed by atoms with E-state index in [1.165, 1.54) is 26.0 Å². The van der Waals surface area contributed by atoms with Gasteiger partial charge in [-0.2, -0.15) is 0 Å². The Hall–Kier alpha value is -3.55. The van der Waals surface area contributed by atoms with E-state index in [-0.39, 0.29) is 22.8 Å². The van der Waals surface area contributed by atoms with E-state index < -0.39 is 16.9 Å². The molecular formula is C18H16N2O6. The van der Waals surface area contributed by atoms with Crippen molar-refractivity contribution >= 4 is 29.4 Å². The summed E-state index contributed by atoms with van der Waals surface area (Å²) in [7, 11) is 0. The number of ketones is 1. The minimum absolute atomic E-state index is 0.0389. The molecule has 0 spiro atoms. The van der Waals surface area contributed by atoms with E-state index >= 15 is 0 Å². The summed E-state index contributed by atoms with van der Waals surface area (Å²) < 4.78 is 5.45. The number of ether oxygens (including phenoxy) is 1. The van der Waals surface area contributed by atoms with Crippen LogP contribution in [-0.4, -0.2) is 29.0 Å². The highest BCUT2D eigenvalue weighted by Crippen LogP contribution is 2.24. The third-order valence-corrected chi connectivity index (χ3v) is 3.57. The number of nitrogens with zero attached hydrogens (tertiary/aromatic N) is 1. The van der Waals surface area contributed by atoms with E-state index in [0.29, 0.717) is 17.5 Å². The summed E-state index contributed by atoms with van der Waals surface area (Å²) in [6.07, 6.45) is -0.590. The molecule has 26 heavy (non-hydrogen) atoms. The number of nitro benzene ring substituents is 1. The number of nitro groups is 1. The second-order valence-corrected chi connectivity index (χ2v) is 5.45. The van der Waals surface area contributed by atoms with E-state index in [2.05, 4.69) is 5.32 Å². The number of nitrogens with one attached hydrogen (secondary N) is 1. The number of hydrogen-bond donors (Lipinski definition) is 1. The van der Waals surface area contributed by atoms with Gasteiger partial charge in [0.25, 0.3) is 11.6 Å². The van der Waals surface area contributed by atoms with Gasteiger partial charge < -0.3 is 10.1 Å². The Morgan fingerprint density at radius 2 is 1.92 bits per heavy atom. The molecule has 2 aromatic carbocycles. The van der Waals surface area contributed by atoms with Crippen LogP contribution in [-0.2, 0) is 4.79 Å². The third-order valence-electron chi connectivity index (χ3n) is 3.57. The molecule has 1 atom stereocenters. The number of hydrogen-bond acceptors (Lipinski definition) is 6. The zero-order valence-electron chi connectivity index (χ0n) is 14.1. The van der Waals surface area contributed by atoms with Crippen molar-refractivity contribution in [3.05, 3.63) is 63.7 Å². The summed E-state index contributed by atoms with van der Waals surface area (Å²) in [6.45, 7) is 2.85. The Kier molecular flexibility index (Phi) is 5.79. The molecule has 1 N–H and O–H groups in total. The summed E-state index contributed by atoms with van der Waals surface area (Å²) in [5, 5.41) is 13.4. The predicted molar refractivity (Wildman–Crippen MR) is 93.7 cm³/mol. The molecule has 1 amide bonds. The van der Waals surface area contributed by atoms with Gasteiger partial charge in [0, 0.05) is 17.7 Å². The van der Waals surface area contributed by atoms with Gasteiger partial charge in [-0.3, -0.25) is 24.5 Å². The van der Waals surface area contributed by atoms with Gasteiger partial charge in [-0.1, -0.05) is 12.1 Å². The van der Waals surface area contributed by atoms with Crippen LogP contribution in [0.4, 0.5) is 11.4 Å². The van der Waals surface area contributed by atoms with Gasteiger partial charge in [-0.05, 0) is 32.0 Å². The van der Waals surface area contributed by atoms with Crippen LogP contribution in [0.25, 0.3) is 0 Å². The maximum atomic E-state index is 12.3. The molecule has 0 aliphatic carbocycles. The summed E-state index contributed by atoms with van der Waals surface area (Å²) in [5.74, 6) is -0.685. The van der Waals surface area contributed by atoms with Gasteiger partial charge >= 0.3 is 0 Å². The molecule has 0 fully saturated rings. The van der Waals surface area contributed by atoms with Gasteiger partial charge in [0.05, 0.1) is 16.2 Å². The standard InChI is InChI=1S/C18H16N2O6/c1-11(22)15-5-3-4-6-16(15)19-18(23)12(2)26-17-8-7-14(20(24)25)9-13(17)10-21/h3-10,12H,1-2H3,(H,19,23)/t12-/m1/s1. The maximum absolute atomic E-state index is 12.3. The third kappa shape index (κ3) is 4.29. The van der Waals surface area contributed by atoms with Crippen molar-refractivity contribution in [3.63, 3.8) is 0 Å². The van der Waals surface area contributed by atoms with Gasteiger partial charge in [0.1, 0.15) is 5.75 Å². The largest absolute Gasteiger partial charge is 0.480 e. The van der Waals surface area contributed by atoms with Crippen LogP contribution in [0.1, 0.15) is 34.6 Å². The average molecular weight is 356 g/mol. The first kappa shape index (κ1) is 18.8. The predicted octanol–water partition coefficient (Wildman–Crippen LogP) is 3.02. The Morgan fingerprint density at radius 1 is 1.23 bits per heavy atom. The SMILES string of the molecule is CC(=O)c1ccccc1NC(=O)[C@@H](C)Oc1ccc([N+](=O)[O-])cc1C=O. The van der Waals surface area contributed by atoms with Crippen LogP contribution in [0, 0.1) is 10.1 Å². The van der Waals surface area contributed by atoms with E-state index in [1.54, 1.807) is 24.3 Å². The van der Waals surface area contributed by atoms with Crippen molar-refractivity contribution in [2.24, 2.45) is 0 Å². The second kappa shape index (κ2) is 8.02. The topological polar surface area (TPSA) is 116 Å². The minimum Gasteiger partial charge on any atom is -0.480 e. The normalized spacial score (nSPS) is 11.3. The van der Waals surface area contributed by atoms with Gasteiger partial charge in [-0.25, -0.2) is 0 Å². The van der Waals surface area contributed by atoms with Gasteiger partial charge in [-0.15, -0.1) is 0 Å². The average Bonchev–Trinajstić information content (AvgIpc) is 2.61. The molecule has 0 unspecified atom stereocenters. The first-order valence-electron chi connectivity index (χ1n) is 7.64. The Bertz CT molecular complexity index is 878. The maximum Gasteiger partial charge on any atom is 0.270 e. The zero-order chi connectivity index (χ0) is 19.3. The molecule has 8 heteroatoms. The van der Waals surface area contributed by atoms with Crippen molar-refractivity contribution in [2.45, 2.75) is 20.0 Å². The van der Waals surface area contributed by atoms with E-state index in [4.69, 9.17) is 4.74 Å². The Balaban J connectivity index is 2.16. The van der Waals surface area contributed by atoms with Gasteiger partial charge in [0.2, 0.25) is 0 Å². The van der Waals surface area contributed by atoms with Crippen molar-refractivity contribution in [3.8, 4) is 5.75 Å². The van der Waals surface area contributed by atoms with E-state index in [9.17, 15) is 24.5 Å². The number of benzene rings is 2. The second-order valence-electron chi connectivity index (χ2n) is 5.45. The number of Topliss-reactive ketones (excluding diaryl/α,β-unsaturated/α-hetero) is 1. The minimum atomic E-state index is -1.00. The lowest BCUT2D eigenvalue weighted by Crippen LogP contribution is -2.31. The van der Waals surface area contributed by atoms with E-state index in [1.807, 2.05) is 0 Å². The van der Waals surface area contributed by atoms with Crippen LogP contribution in [0.2, 0.25) is 0 Å². The van der Waals surface area contributed by atoms with Gasteiger partial charge in [0.15, 0.2) is 18.2 Å².